The van der Waals surface area contributed by atoms with E-state index in [2.05, 4.69) is 62.5 Å². The molecule has 2 rings (SSSR count). The fraction of sp³-hybridized carbons (Fsp3) is 0.739. The summed E-state index contributed by atoms with van der Waals surface area (Å²) in [5.41, 5.74) is 0. The maximum absolute atomic E-state index is 12.9. The first-order valence-corrected chi connectivity index (χ1v) is 22.4. The Bertz CT molecular complexity index is 1300. The average molecular weight is 869 g/mol. The van der Waals surface area contributed by atoms with Gasteiger partial charge in [0.15, 0.2) is 18.7 Å². The van der Waals surface area contributed by atoms with Crippen LogP contribution in [0.3, 0.4) is 0 Å². The zero-order valence-corrected chi connectivity index (χ0v) is 36.4. The lowest BCUT2D eigenvalue weighted by Gasteiger charge is -2.42. The average Bonchev–Trinajstić information content (AvgIpc) is 3.25. The molecular formula is C46H76O15. The summed E-state index contributed by atoms with van der Waals surface area (Å²) in [5, 5.41) is 71.8. The first-order chi connectivity index (χ1) is 29.5. The first-order valence-electron chi connectivity index (χ1n) is 22.4. The number of ether oxygens (including phenoxy) is 6. The molecule has 0 spiro atoms. The Morgan fingerprint density at radius 3 is 1.69 bits per heavy atom. The normalized spacial score (nSPS) is 27.9. The summed E-state index contributed by atoms with van der Waals surface area (Å²) in [6.45, 7) is 2.32. The van der Waals surface area contributed by atoms with Gasteiger partial charge in [-0.2, -0.15) is 0 Å². The van der Waals surface area contributed by atoms with E-state index in [-0.39, 0.29) is 19.4 Å². The minimum Gasteiger partial charge on any atom is -0.462 e. The highest BCUT2D eigenvalue weighted by atomic mass is 16.7. The number of esters is 2. The lowest BCUT2D eigenvalue weighted by molar-refractivity contribution is -0.332. The Kier molecular flexibility index (Phi) is 30.0. The lowest BCUT2D eigenvalue weighted by atomic mass is 9.98. The summed E-state index contributed by atoms with van der Waals surface area (Å²) in [4.78, 5) is 25.5. The van der Waals surface area contributed by atoms with Crippen molar-refractivity contribution >= 4 is 11.9 Å². The summed E-state index contributed by atoms with van der Waals surface area (Å²) >= 11 is 0. The molecule has 0 bridgehead atoms. The van der Waals surface area contributed by atoms with Crippen molar-refractivity contribution in [1.82, 2.24) is 0 Å². The third-order valence-electron chi connectivity index (χ3n) is 10.2. The first kappa shape index (κ1) is 54.3. The van der Waals surface area contributed by atoms with Crippen LogP contribution in [0.2, 0.25) is 0 Å². The number of hydrogen-bond acceptors (Lipinski definition) is 15. The molecule has 0 aromatic carbocycles. The molecule has 0 amide bonds. The Balaban J connectivity index is 1.91. The quantitative estimate of drug-likeness (QED) is 0.0280. The van der Waals surface area contributed by atoms with Crippen LogP contribution in [-0.4, -0.2) is 142 Å². The van der Waals surface area contributed by atoms with Crippen LogP contribution in [0, 0.1) is 0 Å². The Morgan fingerprint density at radius 2 is 1.07 bits per heavy atom. The molecule has 0 aromatic heterocycles. The van der Waals surface area contributed by atoms with E-state index in [1.807, 2.05) is 12.2 Å². The van der Waals surface area contributed by atoms with E-state index in [9.17, 15) is 45.3 Å². The largest absolute Gasteiger partial charge is 0.462 e. The number of aliphatic hydroxyl groups excluding tert-OH is 7. The molecule has 0 saturated carbocycles. The SMILES string of the molecule is CC/C=C/C/C=C/C/C=C/CCCCC(=O)OCC(CO[C@@H]1O[C@H](CO[C@@H]2O[C@H](CO)[C@H](O)C(O)C2O)[C@H](O)C(O)C1O)OC(=O)CC/C=C/C/C=C/CCCCCCCC. The van der Waals surface area contributed by atoms with Crippen molar-refractivity contribution < 1.29 is 73.8 Å². The van der Waals surface area contributed by atoms with Gasteiger partial charge in [0.05, 0.1) is 19.8 Å². The molecule has 2 aliphatic heterocycles. The van der Waals surface area contributed by atoms with Crippen molar-refractivity contribution in [3.63, 3.8) is 0 Å². The molecule has 0 aliphatic carbocycles. The molecule has 0 aromatic rings. The van der Waals surface area contributed by atoms with Gasteiger partial charge in [0.25, 0.3) is 0 Å². The topological polar surface area (TPSA) is 231 Å². The number of aliphatic hydroxyl groups is 7. The molecule has 5 unspecified atom stereocenters. The number of carbonyl (C=O) groups excluding carboxylic acids is 2. The van der Waals surface area contributed by atoms with E-state index in [0.717, 1.165) is 44.9 Å². The smallest absolute Gasteiger partial charge is 0.306 e. The van der Waals surface area contributed by atoms with Gasteiger partial charge in [0.2, 0.25) is 0 Å². The Labute approximate surface area is 362 Å². The number of unbranched alkanes of at least 4 members (excludes halogenated alkanes) is 8. The fourth-order valence-corrected chi connectivity index (χ4v) is 6.52. The van der Waals surface area contributed by atoms with Crippen molar-refractivity contribution in [3.05, 3.63) is 60.8 Å². The molecule has 2 saturated heterocycles. The molecule has 2 fully saturated rings. The van der Waals surface area contributed by atoms with Crippen LogP contribution in [0.15, 0.2) is 60.8 Å². The fourth-order valence-electron chi connectivity index (χ4n) is 6.52. The van der Waals surface area contributed by atoms with Crippen molar-refractivity contribution in [3.8, 4) is 0 Å². The second kappa shape index (κ2) is 33.7. The van der Waals surface area contributed by atoms with Gasteiger partial charge in [-0.3, -0.25) is 9.59 Å². The number of allylic oxidation sites excluding steroid dienone is 10. The minimum atomic E-state index is -1.78. The number of hydrogen-bond donors (Lipinski definition) is 7. The monoisotopic (exact) mass is 869 g/mol. The zero-order chi connectivity index (χ0) is 44.7. The predicted octanol–water partition coefficient (Wildman–Crippen LogP) is 4.53. The summed E-state index contributed by atoms with van der Waals surface area (Å²) in [6, 6.07) is 0. The summed E-state index contributed by atoms with van der Waals surface area (Å²) in [5.74, 6) is -1.06. The van der Waals surface area contributed by atoms with Crippen LogP contribution in [0.4, 0.5) is 0 Å². The van der Waals surface area contributed by atoms with Crippen molar-refractivity contribution in [2.45, 2.75) is 191 Å². The third kappa shape index (κ3) is 22.9. The Morgan fingerprint density at radius 1 is 0.541 bits per heavy atom. The molecule has 0 radical (unpaired) electrons. The van der Waals surface area contributed by atoms with E-state index >= 15 is 0 Å². The van der Waals surface area contributed by atoms with Crippen molar-refractivity contribution in [1.29, 1.82) is 0 Å². The third-order valence-corrected chi connectivity index (χ3v) is 10.2. The van der Waals surface area contributed by atoms with Crippen LogP contribution < -0.4 is 0 Å². The number of rotatable bonds is 32. The van der Waals surface area contributed by atoms with Gasteiger partial charge in [-0.25, -0.2) is 0 Å². The van der Waals surface area contributed by atoms with E-state index < -0.39 is 99.3 Å². The molecule has 2 heterocycles. The second-order valence-electron chi connectivity index (χ2n) is 15.5. The maximum Gasteiger partial charge on any atom is 0.306 e. The molecule has 15 nitrogen and oxygen atoms in total. The molecule has 7 N–H and O–H groups in total. The van der Waals surface area contributed by atoms with Crippen LogP contribution >= 0.6 is 0 Å². The lowest BCUT2D eigenvalue weighted by Crippen LogP contribution is -2.61. The summed E-state index contributed by atoms with van der Waals surface area (Å²) in [7, 11) is 0. The van der Waals surface area contributed by atoms with E-state index in [0.29, 0.717) is 12.8 Å². The minimum absolute atomic E-state index is 0.0481. The van der Waals surface area contributed by atoms with Gasteiger partial charge >= 0.3 is 11.9 Å². The van der Waals surface area contributed by atoms with Gasteiger partial charge in [0, 0.05) is 12.8 Å². The zero-order valence-electron chi connectivity index (χ0n) is 36.4. The van der Waals surface area contributed by atoms with Crippen molar-refractivity contribution in [2.75, 3.05) is 26.4 Å². The van der Waals surface area contributed by atoms with E-state index in [4.69, 9.17) is 28.4 Å². The molecule has 15 heteroatoms. The molecule has 61 heavy (non-hydrogen) atoms. The van der Waals surface area contributed by atoms with Crippen LogP contribution in [0.25, 0.3) is 0 Å². The maximum atomic E-state index is 12.9. The summed E-state index contributed by atoms with van der Waals surface area (Å²) in [6.07, 6.45) is 18.7. The molecule has 11 atom stereocenters. The van der Waals surface area contributed by atoms with Gasteiger partial charge in [-0.05, 0) is 64.2 Å². The summed E-state index contributed by atoms with van der Waals surface area (Å²) < 4.78 is 33.3. The van der Waals surface area contributed by atoms with Gasteiger partial charge < -0.3 is 64.2 Å². The molecular weight excluding hydrogens is 792 g/mol. The van der Waals surface area contributed by atoms with E-state index in [1.54, 1.807) is 0 Å². The van der Waals surface area contributed by atoms with Crippen LogP contribution in [0.1, 0.15) is 123 Å². The van der Waals surface area contributed by atoms with Crippen molar-refractivity contribution in [2.24, 2.45) is 0 Å². The molecule has 350 valence electrons. The predicted molar refractivity (Wildman–Crippen MR) is 229 cm³/mol. The Hall–Kier alpha value is -2.80. The highest BCUT2D eigenvalue weighted by molar-refractivity contribution is 5.70. The second-order valence-corrected chi connectivity index (χ2v) is 15.5. The van der Waals surface area contributed by atoms with Gasteiger partial charge in [0.1, 0.15) is 55.4 Å². The van der Waals surface area contributed by atoms with Crippen LogP contribution in [-0.2, 0) is 38.0 Å². The standard InChI is InChI=1S/C46H76O15/c1-3-5-7-9-11-13-15-17-19-21-23-25-27-29-38(49)59-34(31-56-37(48)28-26-24-22-20-18-16-14-12-10-8-6-4-2)32-57-45-44(55)42(53)40(51)36(61-45)33-58-46-43(54)41(52)39(50)35(30-47)60-46/h6,8,12,14,17-20,23,25,34-36,39-47,50-55H,3-5,7,9-11,13,15-16,21-22,24,26-33H2,1-2H3/b8-6+,14-12+,19-17+,20-18+,25-23+/t34?,35-,36-,39+,40+,41?,42?,43?,44?,45-,46-/m1/s1. The highest BCUT2D eigenvalue weighted by Gasteiger charge is 2.47. The highest BCUT2D eigenvalue weighted by Crippen LogP contribution is 2.26. The van der Waals surface area contributed by atoms with Gasteiger partial charge in [-0.15, -0.1) is 0 Å². The number of carbonyl (C=O) groups is 2. The molecule has 2 aliphatic rings. The van der Waals surface area contributed by atoms with E-state index in [1.165, 1.54) is 38.5 Å². The van der Waals surface area contributed by atoms with Crippen LogP contribution in [0.5, 0.6) is 0 Å². The van der Waals surface area contributed by atoms with Gasteiger partial charge in [-0.1, -0.05) is 107 Å².